The first-order valence-corrected chi connectivity index (χ1v) is 7.32. The van der Waals surface area contributed by atoms with E-state index in [4.69, 9.17) is 11.6 Å². The SMILES string of the molecule is CS(=O)CCCn1ccc2cc(Cl)ccc21. The molecule has 0 N–H and O–H groups in total. The van der Waals surface area contributed by atoms with Crippen LogP contribution in [0.4, 0.5) is 0 Å². The zero-order valence-electron chi connectivity index (χ0n) is 9.15. The summed E-state index contributed by atoms with van der Waals surface area (Å²) in [5.74, 6) is 0.757. The van der Waals surface area contributed by atoms with E-state index in [2.05, 4.69) is 16.8 Å². The fourth-order valence-corrected chi connectivity index (χ4v) is 2.52. The maximum Gasteiger partial charge on any atom is 0.0481 e. The largest absolute Gasteiger partial charge is 0.347 e. The Morgan fingerprint density at radius 1 is 1.38 bits per heavy atom. The lowest BCUT2D eigenvalue weighted by Gasteiger charge is -2.04. The summed E-state index contributed by atoms with van der Waals surface area (Å²) in [5, 5.41) is 1.92. The van der Waals surface area contributed by atoms with Crippen LogP contribution in [0.5, 0.6) is 0 Å². The first-order chi connectivity index (χ1) is 7.66. The molecule has 0 aliphatic heterocycles. The Labute approximate surface area is 103 Å². The number of hydrogen-bond acceptors (Lipinski definition) is 1. The van der Waals surface area contributed by atoms with Gasteiger partial charge in [-0.25, -0.2) is 0 Å². The van der Waals surface area contributed by atoms with Gasteiger partial charge in [-0.1, -0.05) is 11.6 Å². The van der Waals surface area contributed by atoms with Gasteiger partial charge in [0.1, 0.15) is 0 Å². The quantitative estimate of drug-likeness (QED) is 0.823. The van der Waals surface area contributed by atoms with Gasteiger partial charge >= 0.3 is 0 Å². The van der Waals surface area contributed by atoms with Crippen LogP contribution in [0, 0.1) is 0 Å². The molecule has 4 heteroatoms. The van der Waals surface area contributed by atoms with Crippen molar-refractivity contribution in [3.8, 4) is 0 Å². The molecule has 0 fully saturated rings. The van der Waals surface area contributed by atoms with Crippen LogP contribution in [0.3, 0.4) is 0 Å². The van der Waals surface area contributed by atoms with Gasteiger partial charge < -0.3 is 4.57 Å². The molecule has 0 aliphatic rings. The molecule has 2 aromatic rings. The van der Waals surface area contributed by atoms with Crippen molar-refractivity contribution in [2.45, 2.75) is 13.0 Å². The third kappa shape index (κ3) is 2.66. The Bertz CT molecular complexity index is 521. The summed E-state index contributed by atoms with van der Waals surface area (Å²) in [6.07, 6.45) is 4.74. The first kappa shape index (κ1) is 11.7. The fraction of sp³-hybridized carbons (Fsp3) is 0.333. The van der Waals surface area contributed by atoms with Gasteiger partial charge in [-0.3, -0.25) is 4.21 Å². The van der Waals surface area contributed by atoms with Crippen molar-refractivity contribution in [1.82, 2.24) is 4.57 Å². The predicted molar refractivity (Wildman–Crippen MR) is 70.5 cm³/mol. The Balaban J connectivity index is 2.15. The van der Waals surface area contributed by atoms with Gasteiger partial charge in [0, 0.05) is 51.5 Å². The first-order valence-electron chi connectivity index (χ1n) is 5.21. The third-order valence-corrected chi connectivity index (χ3v) is 3.66. The molecule has 86 valence electrons. The Morgan fingerprint density at radius 2 is 2.19 bits per heavy atom. The highest BCUT2D eigenvalue weighted by Crippen LogP contribution is 2.20. The highest BCUT2D eigenvalue weighted by Gasteiger charge is 2.01. The Kier molecular flexibility index (Phi) is 3.66. The molecule has 0 aliphatic carbocycles. The zero-order chi connectivity index (χ0) is 11.5. The van der Waals surface area contributed by atoms with Crippen LogP contribution in [-0.4, -0.2) is 20.8 Å². The minimum Gasteiger partial charge on any atom is -0.347 e. The second-order valence-electron chi connectivity index (χ2n) is 3.84. The van der Waals surface area contributed by atoms with E-state index in [9.17, 15) is 4.21 Å². The van der Waals surface area contributed by atoms with E-state index in [-0.39, 0.29) is 0 Å². The van der Waals surface area contributed by atoms with Gasteiger partial charge in [0.05, 0.1) is 0 Å². The molecular weight excluding hydrogens is 242 g/mol. The molecule has 0 spiro atoms. The molecule has 0 saturated carbocycles. The lowest BCUT2D eigenvalue weighted by molar-refractivity contribution is 0.670. The number of aromatic nitrogens is 1. The highest BCUT2D eigenvalue weighted by molar-refractivity contribution is 7.84. The van der Waals surface area contributed by atoms with E-state index in [1.807, 2.05) is 18.2 Å². The average molecular weight is 256 g/mol. The summed E-state index contributed by atoms with van der Waals surface area (Å²) in [7, 11) is -0.699. The van der Waals surface area contributed by atoms with Crippen LogP contribution >= 0.6 is 11.6 Å². The van der Waals surface area contributed by atoms with Crippen LogP contribution < -0.4 is 0 Å². The molecule has 1 unspecified atom stereocenters. The number of benzene rings is 1. The monoisotopic (exact) mass is 255 g/mol. The molecule has 0 bridgehead atoms. The second kappa shape index (κ2) is 5.02. The molecule has 1 heterocycles. The van der Waals surface area contributed by atoms with Gasteiger partial charge in [0.25, 0.3) is 0 Å². The predicted octanol–water partition coefficient (Wildman–Crippen LogP) is 3.06. The van der Waals surface area contributed by atoms with Gasteiger partial charge in [-0.05, 0) is 30.7 Å². The molecule has 2 nitrogen and oxygen atoms in total. The molecule has 16 heavy (non-hydrogen) atoms. The normalized spacial score (nSPS) is 13.1. The average Bonchev–Trinajstić information content (AvgIpc) is 2.60. The molecule has 0 amide bonds. The molecule has 1 aromatic heterocycles. The smallest absolute Gasteiger partial charge is 0.0481 e. The second-order valence-corrected chi connectivity index (χ2v) is 5.83. The maximum atomic E-state index is 11.0. The number of hydrogen-bond donors (Lipinski definition) is 0. The van der Waals surface area contributed by atoms with Crippen molar-refractivity contribution in [3.05, 3.63) is 35.5 Å². The summed E-state index contributed by atoms with van der Waals surface area (Å²) < 4.78 is 13.1. The van der Waals surface area contributed by atoms with E-state index in [1.165, 1.54) is 5.52 Å². The number of rotatable bonds is 4. The standard InChI is InChI=1S/C12H14ClNOS/c1-16(15)8-2-6-14-7-5-10-9-11(13)3-4-12(10)14/h3-5,7,9H,2,6,8H2,1H3. The molecule has 0 radical (unpaired) electrons. The summed E-state index contributed by atoms with van der Waals surface area (Å²) in [5.41, 5.74) is 1.19. The number of aryl methyl sites for hydroxylation is 1. The molecule has 1 atom stereocenters. The van der Waals surface area contributed by atoms with E-state index in [0.29, 0.717) is 0 Å². The van der Waals surface area contributed by atoms with E-state index in [0.717, 1.165) is 29.1 Å². The summed E-state index contributed by atoms with van der Waals surface area (Å²) >= 11 is 5.92. The lowest BCUT2D eigenvalue weighted by atomic mass is 10.2. The summed E-state index contributed by atoms with van der Waals surface area (Å²) in [6, 6.07) is 7.95. The molecule has 2 rings (SSSR count). The van der Waals surface area contributed by atoms with Crippen LogP contribution in [0.2, 0.25) is 5.02 Å². The molecule has 1 aromatic carbocycles. The summed E-state index contributed by atoms with van der Waals surface area (Å²) in [4.78, 5) is 0. The van der Waals surface area contributed by atoms with E-state index in [1.54, 1.807) is 6.26 Å². The minimum atomic E-state index is -0.699. The van der Waals surface area contributed by atoms with Gasteiger partial charge in [-0.2, -0.15) is 0 Å². The lowest BCUT2D eigenvalue weighted by Crippen LogP contribution is -2.01. The van der Waals surface area contributed by atoms with Crippen molar-refractivity contribution in [3.63, 3.8) is 0 Å². The third-order valence-electron chi connectivity index (χ3n) is 2.56. The minimum absolute atomic E-state index is 0.699. The van der Waals surface area contributed by atoms with Crippen molar-refractivity contribution in [1.29, 1.82) is 0 Å². The van der Waals surface area contributed by atoms with Gasteiger partial charge in [0.15, 0.2) is 0 Å². The fourth-order valence-electron chi connectivity index (χ4n) is 1.80. The van der Waals surface area contributed by atoms with E-state index < -0.39 is 10.8 Å². The maximum absolute atomic E-state index is 11.0. The van der Waals surface area contributed by atoms with Gasteiger partial charge in [0.2, 0.25) is 0 Å². The zero-order valence-corrected chi connectivity index (χ0v) is 10.7. The van der Waals surface area contributed by atoms with Crippen LogP contribution in [0.1, 0.15) is 6.42 Å². The topological polar surface area (TPSA) is 22.0 Å². The molecule has 0 saturated heterocycles. The van der Waals surface area contributed by atoms with Crippen molar-refractivity contribution in [2.75, 3.05) is 12.0 Å². The highest BCUT2D eigenvalue weighted by atomic mass is 35.5. The number of halogens is 1. The van der Waals surface area contributed by atoms with Gasteiger partial charge in [-0.15, -0.1) is 0 Å². The van der Waals surface area contributed by atoms with Crippen molar-refractivity contribution in [2.24, 2.45) is 0 Å². The van der Waals surface area contributed by atoms with Crippen LogP contribution in [0.15, 0.2) is 30.5 Å². The van der Waals surface area contributed by atoms with Crippen LogP contribution in [-0.2, 0) is 17.3 Å². The number of nitrogens with zero attached hydrogens (tertiary/aromatic N) is 1. The van der Waals surface area contributed by atoms with Crippen molar-refractivity contribution >= 4 is 33.3 Å². The van der Waals surface area contributed by atoms with Crippen molar-refractivity contribution < 1.29 is 4.21 Å². The van der Waals surface area contributed by atoms with E-state index >= 15 is 0 Å². The number of fused-ring (bicyclic) bond motifs is 1. The Morgan fingerprint density at radius 3 is 2.94 bits per heavy atom. The summed E-state index contributed by atoms with van der Waals surface area (Å²) in [6.45, 7) is 0.907. The molecular formula is C12H14ClNOS. The Hall–Kier alpha value is -0.800. The van der Waals surface area contributed by atoms with Crippen LogP contribution in [0.25, 0.3) is 10.9 Å².